The van der Waals surface area contributed by atoms with E-state index in [-0.39, 0.29) is 30.7 Å². The van der Waals surface area contributed by atoms with E-state index in [0.717, 1.165) is 44.5 Å². The molecule has 4 nitrogen and oxygen atoms in total. The molecule has 1 amide bonds. The van der Waals surface area contributed by atoms with Crippen LogP contribution in [0.1, 0.15) is 24.8 Å². The summed E-state index contributed by atoms with van der Waals surface area (Å²) >= 11 is 0. The van der Waals surface area contributed by atoms with Gasteiger partial charge in [0.1, 0.15) is 5.75 Å². The molecule has 2 saturated heterocycles. The molecule has 2 aliphatic heterocycles. The smallest absolute Gasteiger partial charge is 0.416 e. The van der Waals surface area contributed by atoms with E-state index >= 15 is 0 Å². The van der Waals surface area contributed by atoms with Crippen LogP contribution in [0.25, 0.3) is 0 Å². The van der Waals surface area contributed by atoms with Crippen molar-refractivity contribution in [2.24, 2.45) is 5.41 Å². The molecule has 1 aromatic rings. The number of nitrogens with one attached hydrogen (secondary N) is 1. The van der Waals surface area contributed by atoms with E-state index < -0.39 is 11.7 Å². The maximum atomic E-state index is 12.7. The number of carbonyl (C=O) groups is 1. The van der Waals surface area contributed by atoms with Crippen molar-refractivity contribution in [2.75, 3.05) is 32.8 Å². The van der Waals surface area contributed by atoms with Crippen molar-refractivity contribution in [3.63, 3.8) is 0 Å². The highest BCUT2D eigenvalue weighted by molar-refractivity contribution is 5.85. The predicted molar refractivity (Wildman–Crippen MR) is 89.9 cm³/mol. The molecular weight excluding hydrogens is 357 g/mol. The first-order chi connectivity index (χ1) is 11.4. The topological polar surface area (TPSA) is 41.6 Å². The molecule has 0 saturated carbocycles. The summed E-state index contributed by atoms with van der Waals surface area (Å²) in [6, 6.07) is 4.61. The number of hydrogen-bond donors (Lipinski definition) is 1. The first kappa shape index (κ1) is 19.8. The van der Waals surface area contributed by atoms with Gasteiger partial charge in [0, 0.05) is 19.6 Å². The van der Waals surface area contributed by atoms with Gasteiger partial charge in [-0.1, -0.05) is 6.07 Å². The van der Waals surface area contributed by atoms with E-state index in [2.05, 4.69) is 5.32 Å². The zero-order valence-electron chi connectivity index (χ0n) is 13.8. The Morgan fingerprint density at radius 3 is 2.56 bits per heavy atom. The summed E-state index contributed by atoms with van der Waals surface area (Å²) in [5, 5.41) is 3.37. The molecule has 0 unspecified atom stereocenters. The minimum absolute atomic E-state index is 0. The van der Waals surface area contributed by atoms with Crippen LogP contribution in [0.4, 0.5) is 13.2 Å². The van der Waals surface area contributed by atoms with Gasteiger partial charge in [-0.05, 0) is 49.4 Å². The van der Waals surface area contributed by atoms with E-state index in [1.54, 1.807) is 4.90 Å². The fourth-order valence-corrected chi connectivity index (χ4v) is 3.45. The molecule has 0 radical (unpaired) electrons. The highest BCUT2D eigenvalue weighted by Crippen LogP contribution is 2.37. The highest BCUT2D eigenvalue weighted by atomic mass is 35.5. The van der Waals surface area contributed by atoms with Gasteiger partial charge in [0.2, 0.25) is 0 Å². The summed E-state index contributed by atoms with van der Waals surface area (Å²) in [6.07, 6.45) is -1.33. The molecule has 0 aromatic heterocycles. The minimum atomic E-state index is -4.42. The monoisotopic (exact) mass is 378 g/mol. The number of carbonyl (C=O) groups excluding carboxylic acids is 1. The van der Waals surface area contributed by atoms with E-state index in [4.69, 9.17) is 4.74 Å². The molecule has 2 aliphatic rings. The number of alkyl halides is 3. The molecule has 0 aliphatic carbocycles. The van der Waals surface area contributed by atoms with Crippen LogP contribution in [-0.2, 0) is 11.0 Å². The number of ether oxygens (including phenoxy) is 1. The lowest BCUT2D eigenvalue weighted by atomic mass is 9.78. The molecule has 8 heteroatoms. The number of rotatable bonds is 3. The predicted octanol–water partition coefficient (Wildman–Crippen LogP) is 3.11. The molecule has 25 heavy (non-hydrogen) atoms. The number of piperidine rings is 1. The Kier molecular flexibility index (Phi) is 6.21. The SMILES string of the molecule is Cl.O=C(COc1cccc(C(F)(F)F)c1)N1CCC2(CCNC2)CC1. The lowest BCUT2D eigenvalue weighted by molar-refractivity contribution is -0.137. The minimum Gasteiger partial charge on any atom is -0.484 e. The Hall–Kier alpha value is -1.47. The Balaban J connectivity index is 0.00000225. The van der Waals surface area contributed by atoms with Crippen molar-refractivity contribution in [1.29, 1.82) is 0 Å². The van der Waals surface area contributed by atoms with Crippen LogP contribution in [0.2, 0.25) is 0 Å². The van der Waals surface area contributed by atoms with Gasteiger partial charge in [-0.3, -0.25) is 4.79 Å². The van der Waals surface area contributed by atoms with Crippen molar-refractivity contribution in [2.45, 2.75) is 25.4 Å². The molecule has 3 rings (SSSR count). The Labute approximate surface area is 151 Å². The number of hydrogen-bond acceptors (Lipinski definition) is 3. The van der Waals surface area contributed by atoms with Crippen molar-refractivity contribution < 1.29 is 22.7 Å². The van der Waals surface area contributed by atoms with Crippen molar-refractivity contribution in [1.82, 2.24) is 10.2 Å². The summed E-state index contributed by atoms with van der Waals surface area (Å²) in [4.78, 5) is 14.0. The maximum absolute atomic E-state index is 12.7. The Morgan fingerprint density at radius 1 is 1.24 bits per heavy atom. The van der Waals surface area contributed by atoms with Gasteiger partial charge in [-0.15, -0.1) is 12.4 Å². The molecular formula is C17H22ClF3N2O2. The summed E-state index contributed by atoms with van der Waals surface area (Å²) in [7, 11) is 0. The van der Waals surface area contributed by atoms with Gasteiger partial charge in [0.15, 0.2) is 6.61 Å². The molecule has 0 bridgehead atoms. The summed E-state index contributed by atoms with van der Waals surface area (Å²) < 4.78 is 43.3. The maximum Gasteiger partial charge on any atom is 0.416 e. The van der Waals surface area contributed by atoms with Gasteiger partial charge < -0.3 is 15.0 Å². The van der Waals surface area contributed by atoms with Crippen molar-refractivity contribution in [3.8, 4) is 5.75 Å². The van der Waals surface area contributed by atoms with Crippen LogP contribution < -0.4 is 10.1 Å². The Morgan fingerprint density at radius 2 is 1.96 bits per heavy atom. The van der Waals surface area contributed by atoms with Crippen LogP contribution >= 0.6 is 12.4 Å². The molecule has 1 aromatic carbocycles. The van der Waals surface area contributed by atoms with Gasteiger partial charge >= 0.3 is 6.18 Å². The van der Waals surface area contributed by atoms with Crippen molar-refractivity contribution in [3.05, 3.63) is 29.8 Å². The quantitative estimate of drug-likeness (QED) is 0.878. The van der Waals surface area contributed by atoms with Crippen LogP contribution in [0.15, 0.2) is 24.3 Å². The van der Waals surface area contributed by atoms with Crippen molar-refractivity contribution >= 4 is 18.3 Å². The third-order valence-corrected chi connectivity index (χ3v) is 5.03. The summed E-state index contributed by atoms with van der Waals surface area (Å²) in [5.41, 5.74) is -0.459. The summed E-state index contributed by atoms with van der Waals surface area (Å²) in [6.45, 7) is 3.19. The van der Waals surface area contributed by atoms with Gasteiger partial charge in [-0.25, -0.2) is 0 Å². The molecule has 1 spiro atoms. The third kappa shape index (κ3) is 4.79. The molecule has 2 heterocycles. The van der Waals surface area contributed by atoms with Gasteiger partial charge in [-0.2, -0.15) is 13.2 Å². The lowest BCUT2D eigenvalue weighted by Gasteiger charge is -2.38. The molecule has 0 atom stereocenters. The second-order valence-corrected chi connectivity index (χ2v) is 6.62. The first-order valence-corrected chi connectivity index (χ1v) is 8.17. The number of nitrogens with zero attached hydrogens (tertiary/aromatic N) is 1. The van der Waals surface area contributed by atoms with E-state index in [1.165, 1.54) is 12.1 Å². The zero-order valence-corrected chi connectivity index (χ0v) is 14.6. The van der Waals surface area contributed by atoms with Gasteiger partial charge in [0.25, 0.3) is 5.91 Å². The molecule has 2 fully saturated rings. The third-order valence-electron chi connectivity index (χ3n) is 5.03. The fourth-order valence-electron chi connectivity index (χ4n) is 3.45. The Bertz CT molecular complexity index is 594. The fraction of sp³-hybridized carbons (Fsp3) is 0.588. The van der Waals surface area contributed by atoms with Crippen LogP contribution in [0, 0.1) is 5.41 Å². The largest absolute Gasteiger partial charge is 0.484 e. The normalized spacial score (nSPS) is 19.6. The van der Waals surface area contributed by atoms with Crippen LogP contribution in [-0.4, -0.2) is 43.6 Å². The number of amides is 1. The second kappa shape index (κ2) is 7.83. The second-order valence-electron chi connectivity index (χ2n) is 6.62. The average Bonchev–Trinajstić information content (AvgIpc) is 3.01. The highest BCUT2D eigenvalue weighted by Gasteiger charge is 2.38. The number of benzene rings is 1. The van der Waals surface area contributed by atoms with Crippen LogP contribution in [0.3, 0.4) is 0 Å². The summed E-state index contributed by atoms with van der Waals surface area (Å²) in [5.74, 6) is -0.111. The van der Waals surface area contributed by atoms with E-state index in [1.807, 2.05) is 0 Å². The lowest BCUT2D eigenvalue weighted by Crippen LogP contribution is -2.45. The molecule has 1 N–H and O–H groups in total. The number of halogens is 4. The first-order valence-electron chi connectivity index (χ1n) is 8.17. The number of likely N-dealkylation sites (tertiary alicyclic amines) is 1. The standard InChI is InChI=1S/C17H21F3N2O2.ClH/c18-17(19,20)13-2-1-3-14(10-13)24-11-15(23)22-8-5-16(6-9-22)4-7-21-12-16;/h1-3,10,21H,4-9,11-12H2;1H. The molecule has 140 valence electrons. The zero-order chi connectivity index (χ0) is 17.2. The average molecular weight is 379 g/mol. The van der Waals surface area contributed by atoms with E-state index in [9.17, 15) is 18.0 Å². The van der Waals surface area contributed by atoms with Gasteiger partial charge in [0.05, 0.1) is 5.56 Å². The van der Waals surface area contributed by atoms with Crippen LogP contribution in [0.5, 0.6) is 5.75 Å². The van der Waals surface area contributed by atoms with E-state index in [0.29, 0.717) is 18.5 Å².